The lowest BCUT2D eigenvalue weighted by Crippen LogP contribution is -2.47. The van der Waals surface area contributed by atoms with Gasteiger partial charge in [0.25, 0.3) is 5.91 Å². The molecule has 0 spiro atoms. The second-order valence-electron chi connectivity index (χ2n) is 8.04. The van der Waals surface area contributed by atoms with Crippen LogP contribution in [0.5, 0.6) is 0 Å². The number of aromatic nitrogens is 1. The molecule has 6 nitrogen and oxygen atoms in total. The van der Waals surface area contributed by atoms with Gasteiger partial charge in [-0.15, -0.1) is 0 Å². The summed E-state index contributed by atoms with van der Waals surface area (Å²) in [6.45, 7) is 4.31. The molecule has 1 saturated heterocycles. The molecule has 1 amide bonds. The van der Waals surface area contributed by atoms with Crippen molar-refractivity contribution in [2.75, 3.05) is 0 Å². The van der Waals surface area contributed by atoms with E-state index in [9.17, 15) is 4.79 Å². The van der Waals surface area contributed by atoms with Gasteiger partial charge in [0.15, 0.2) is 0 Å². The largest absolute Gasteiger partial charge is 0.441 e. The SMILES string of the molecule is Cc1ccc(-c2nc(CN3C=CN4NC(c5ccc(Cl)cc5)CC4C3=O)c(C)o2)cc1. The average molecular weight is 435 g/mol. The predicted octanol–water partition coefficient (Wildman–Crippen LogP) is 4.75. The molecule has 31 heavy (non-hydrogen) atoms. The Labute approximate surface area is 186 Å². The van der Waals surface area contributed by atoms with Gasteiger partial charge in [-0.2, -0.15) is 0 Å². The van der Waals surface area contributed by atoms with Gasteiger partial charge in [-0.25, -0.2) is 10.4 Å². The lowest BCUT2D eigenvalue weighted by molar-refractivity contribution is -0.135. The van der Waals surface area contributed by atoms with Crippen LogP contribution in [-0.2, 0) is 11.3 Å². The minimum absolute atomic E-state index is 0.0470. The standard InChI is InChI=1S/C24H23ClN4O2/c1-15-3-5-18(6-4-15)23-26-21(16(2)31-23)14-28-11-12-29-22(24(28)30)13-20(27-29)17-7-9-19(25)10-8-17/h3-12,20,22,27H,13-14H2,1-2H3. The van der Waals surface area contributed by atoms with Crippen LogP contribution in [0.25, 0.3) is 11.5 Å². The summed E-state index contributed by atoms with van der Waals surface area (Å²) in [6.07, 6.45) is 4.40. The van der Waals surface area contributed by atoms with Gasteiger partial charge in [-0.1, -0.05) is 41.4 Å². The molecule has 2 aliphatic rings. The molecule has 1 N–H and O–H groups in total. The third kappa shape index (κ3) is 3.84. The van der Waals surface area contributed by atoms with Crippen molar-refractivity contribution >= 4 is 17.5 Å². The first-order valence-electron chi connectivity index (χ1n) is 10.3. The van der Waals surface area contributed by atoms with Gasteiger partial charge in [0.1, 0.15) is 17.5 Å². The summed E-state index contributed by atoms with van der Waals surface area (Å²) < 4.78 is 5.88. The minimum Gasteiger partial charge on any atom is -0.441 e. The Morgan fingerprint density at radius 2 is 1.84 bits per heavy atom. The highest BCUT2D eigenvalue weighted by Gasteiger charge is 2.40. The average Bonchev–Trinajstić information content (AvgIpc) is 3.36. The number of nitrogens with one attached hydrogen (secondary N) is 1. The Hall–Kier alpha value is -3.09. The van der Waals surface area contributed by atoms with Crippen molar-refractivity contribution in [3.8, 4) is 11.5 Å². The van der Waals surface area contributed by atoms with Crippen LogP contribution in [0.15, 0.2) is 65.3 Å². The number of fused-ring (bicyclic) bond motifs is 1. The van der Waals surface area contributed by atoms with Crippen LogP contribution in [-0.4, -0.2) is 26.8 Å². The van der Waals surface area contributed by atoms with Crippen LogP contribution < -0.4 is 5.43 Å². The van der Waals surface area contributed by atoms with E-state index in [1.54, 1.807) is 11.1 Å². The van der Waals surface area contributed by atoms with E-state index in [2.05, 4.69) is 10.4 Å². The van der Waals surface area contributed by atoms with Crippen LogP contribution in [0.4, 0.5) is 0 Å². The lowest BCUT2D eigenvalue weighted by Gasteiger charge is -2.31. The van der Waals surface area contributed by atoms with E-state index in [1.807, 2.05) is 73.6 Å². The molecule has 2 aliphatic heterocycles. The van der Waals surface area contributed by atoms with Crippen LogP contribution in [0, 0.1) is 13.8 Å². The van der Waals surface area contributed by atoms with Gasteiger partial charge in [-0.3, -0.25) is 4.79 Å². The minimum atomic E-state index is -0.255. The van der Waals surface area contributed by atoms with E-state index in [0.29, 0.717) is 23.9 Å². The molecule has 158 valence electrons. The number of halogens is 1. The molecule has 7 heteroatoms. The third-order valence-electron chi connectivity index (χ3n) is 5.86. The summed E-state index contributed by atoms with van der Waals surface area (Å²) in [4.78, 5) is 19.6. The zero-order chi connectivity index (χ0) is 21.5. The normalized spacial score (nSPS) is 20.4. The Morgan fingerprint density at radius 3 is 2.58 bits per heavy atom. The van der Waals surface area contributed by atoms with Crippen molar-refractivity contribution in [2.45, 2.75) is 38.9 Å². The van der Waals surface area contributed by atoms with Crippen LogP contribution in [0.2, 0.25) is 5.02 Å². The zero-order valence-electron chi connectivity index (χ0n) is 17.4. The predicted molar refractivity (Wildman–Crippen MR) is 119 cm³/mol. The zero-order valence-corrected chi connectivity index (χ0v) is 18.1. The van der Waals surface area contributed by atoms with Gasteiger partial charge in [-0.05, 0) is 50.1 Å². The summed E-state index contributed by atoms with van der Waals surface area (Å²) in [6, 6.07) is 15.6. The van der Waals surface area contributed by atoms with Crippen molar-refractivity contribution < 1.29 is 9.21 Å². The monoisotopic (exact) mass is 434 g/mol. The summed E-state index contributed by atoms with van der Waals surface area (Å²) >= 11 is 6.00. The summed E-state index contributed by atoms with van der Waals surface area (Å²) in [5.74, 6) is 1.35. The number of benzene rings is 2. The number of aryl methyl sites for hydroxylation is 2. The first-order valence-corrected chi connectivity index (χ1v) is 10.7. The topological polar surface area (TPSA) is 61.6 Å². The summed E-state index contributed by atoms with van der Waals surface area (Å²) in [5.41, 5.74) is 7.40. The molecule has 3 aromatic rings. The highest BCUT2D eigenvalue weighted by atomic mass is 35.5. The van der Waals surface area contributed by atoms with Crippen molar-refractivity contribution in [1.29, 1.82) is 0 Å². The lowest BCUT2D eigenvalue weighted by atomic mass is 10.0. The Bertz CT molecular complexity index is 1140. The molecule has 2 atom stereocenters. The van der Waals surface area contributed by atoms with Crippen molar-refractivity contribution in [3.63, 3.8) is 0 Å². The van der Waals surface area contributed by atoms with Gasteiger partial charge >= 0.3 is 0 Å². The Balaban J connectivity index is 1.31. The van der Waals surface area contributed by atoms with E-state index < -0.39 is 0 Å². The van der Waals surface area contributed by atoms with Crippen LogP contribution >= 0.6 is 11.6 Å². The summed E-state index contributed by atoms with van der Waals surface area (Å²) in [7, 11) is 0. The van der Waals surface area contributed by atoms with Crippen molar-refractivity contribution in [1.82, 2.24) is 20.3 Å². The smallest absolute Gasteiger partial charge is 0.251 e. The number of hydrogen-bond donors (Lipinski definition) is 1. The molecule has 2 unspecified atom stereocenters. The van der Waals surface area contributed by atoms with Crippen LogP contribution in [0.3, 0.4) is 0 Å². The molecule has 2 aromatic carbocycles. The number of oxazole rings is 1. The number of rotatable bonds is 4. The maximum Gasteiger partial charge on any atom is 0.251 e. The number of hydrazine groups is 1. The molecular weight excluding hydrogens is 412 g/mol. The fourth-order valence-corrected chi connectivity index (χ4v) is 4.16. The second kappa shape index (κ2) is 7.87. The number of carbonyl (C=O) groups is 1. The molecule has 0 aliphatic carbocycles. The van der Waals surface area contributed by atoms with Gasteiger partial charge in [0.2, 0.25) is 5.89 Å². The number of hydrogen-bond acceptors (Lipinski definition) is 5. The molecule has 0 radical (unpaired) electrons. The molecule has 3 heterocycles. The first-order chi connectivity index (χ1) is 15.0. The van der Waals surface area contributed by atoms with Crippen molar-refractivity contribution in [2.24, 2.45) is 0 Å². The first kappa shape index (κ1) is 19.8. The van der Waals surface area contributed by atoms with Gasteiger partial charge in [0, 0.05) is 23.0 Å². The maximum atomic E-state index is 13.2. The van der Waals surface area contributed by atoms with E-state index in [-0.39, 0.29) is 18.0 Å². The van der Waals surface area contributed by atoms with Crippen LogP contribution in [0.1, 0.15) is 35.0 Å². The molecule has 5 rings (SSSR count). The molecule has 0 saturated carbocycles. The van der Waals surface area contributed by atoms with Crippen molar-refractivity contribution in [3.05, 3.63) is 88.5 Å². The Morgan fingerprint density at radius 1 is 1.10 bits per heavy atom. The van der Waals surface area contributed by atoms with E-state index >= 15 is 0 Å². The molecule has 0 bridgehead atoms. The maximum absolute atomic E-state index is 13.2. The molecule has 1 fully saturated rings. The quantitative estimate of drug-likeness (QED) is 0.642. The number of nitrogens with zero attached hydrogens (tertiary/aromatic N) is 3. The molecule has 1 aromatic heterocycles. The fourth-order valence-electron chi connectivity index (χ4n) is 4.04. The molecular formula is C24H23ClN4O2. The van der Waals surface area contributed by atoms with E-state index in [4.69, 9.17) is 16.0 Å². The highest BCUT2D eigenvalue weighted by Crippen LogP contribution is 2.32. The Kier molecular flexibility index (Phi) is 5.04. The van der Waals surface area contributed by atoms with E-state index in [0.717, 1.165) is 22.6 Å². The van der Waals surface area contributed by atoms with Gasteiger partial charge in [0.05, 0.1) is 12.6 Å². The number of amides is 1. The second-order valence-corrected chi connectivity index (χ2v) is 8.48. The van der Waals surface area contributed by atoms with E-state index in [1.165, 1.54) is 5.56 Å². The fraction of sp³-hybridized carbons (Fsp3) is 0.250. The third-order valence-corrected chi connectivity index (χ3v) is 6.11. The number of carbonyl (C=O) groups excluding carboxylic acids is 1. The summed E-state index contributed by atoms with van der Waals surface area (Å²) in [5, 5.41) is 2.60. The van der Waals surface area contributed by atoms with Gasteiger partial charge < -0.3 is 14.3 Å². The highest BCUT2D eigenvalue weighted by molar-refractivity contribution is 6.30.